The Kier molecular flexibility index (Phi) is 2.26. The molecule has 0 radical (unpaired) electrons. The van der Waals surface area contributed by atoms with E-state index in [1.54, 1.807) is 6.92 Å². The second-order valence-electron chi connectivity index (χ2n) is 3.98. The summed E-state index contributed by atoms with van der Waals surface area (Å²) in [6.45, 7) is 3.12. The highest BCUT2D eigenvalue weighted by molar-refractivity contribution is 5.78. The lowest BCUT2D eigenvalue weighted by atomic mass is 10.4. The van der Waals surface area contributed by atoms with Gasteiger partial charge in [-0.05, 0) is 19.8 Å². The second kappa shape index (κ2) is 3.27. The average molecular weight is 184 g/mol. The summed E-state index contributed by atoms with van der Waals surface area (Å²) < 4.78 is 0. The minimum atomic E-state index is -0.354. The third-order valence-electron chi connectivity index (χ3n) is 2.51. The molecule has 0 aromatic heterocycles. The van der Waals surface area contributed by atoms with E-state index in [-0.39, 0.29) is 12.0 Å². The van der Waals surface area contributed by atoms with Crippen LogP contribution in [0.15, 0.2) is 0 Å². The number of amides is 1. The number of rotatable bonds is 3. The highest BCUT2D eigenvalue weighted by atomic mass is 16.3. The molecule has 74 valence electrons. The smallest absolute Gasteiger partial charge is 0.238 e. The monoisotopic (exact) mass is 184 g/mol. The topological polar surface area (TPSA) is 43.8 Å². The van der Waals surface area contributed by atoms with Crippen LogP contribution in [0, 0.1) is 0 Å². The maximum absolute atomic E-state index is 11.5. The van der Waals surface area contributed by atoms with Crippen LogP contribution < -0.4 is 0 Å². The Labute approximate surface area is 78.1 Å². The van der Waals surface area contributed by atoms with Gasteiger partial charge in [-0.25, -0.2) is 5.01 Å². The van der Waals surface area contributed by atoms with Crippen LogP contribution in [0.2, 0.25) is 0 Å². The predicted octanol–water partition coefficient (Wildman–Crippen LogP) is -0.0211. The van der Waals surface area contributed by atoms with Crippen molar-refractivity contribution in [3.05, 3.63) is 0 Å². The Morgan fingerprint density at radius 2 is 2.31 bits per heavy atom. The van der Waals surface area contributed by atoms with Gasteiger partial charge in [-0.3, -0.25) is 9.80 Å². The van der Waals surface area contributed by atoms with Gasteiger partial charge in [0.15, 0.2) is 0 Å². The Morgan fingerprint density at radius 1 is 1.62 bits per heavy atom. The fraction of sp³-hybridized carbons (Fsp3) is 0.889. The summed E-state index contributed by atoms with van der Waals surface area (Å²) in [4.78, 5) is 11.5. The van der Waals surface area contributed by atoms with Gasteiger partial charge in [-0.15, -0.1) is 0 Å². The molecule has 2 aliphatic rings. The molecular weight excluding hydrogens is 168 g/mol. The first-order valence-electron chi connectivity index (χ1n) is 4.93. The minimum Gasteiger partial charge on any atom is -0.392 e. The first-order chi connectivity index (χ1) is 6.18. The standard InChI is InChI=1S/C9H16N2O2/c1-7(12)6-10-5-4-9(13)11(10)8-2-3-8/h7-8,12H,2-6H2,1H3. The van der Waals surface area contributed by atoms with Crippen molar-refractivity contribution in [2.45, 2.75) is 38.3 Å². The van der Waals surface area contributed by atoms with Crippen molar-refractivity contribution in [1.82, 2.24) is 10.0 Å². The SMILES string of the molecule is CC(O)CN1CCC(=O)N1C1CC1. The molecule has 1 N–H and O–H groups in total. The number of β-amino-alcohol motifs (C(OH)–C–C–N with tert-alkyl or cyclic N) is 1. The summed E-state index contributed by atoms with van der Waals surface area (Å²) >= 11 is 0. The first-order valence-corrected chi connectivity index (χ1v) is 4.93. The number of carbonyl (C=O) groups excluding carboxylic acids is 1. The molecule has 0 aromatic rings. The Hall–Kier alpha value is -0.610. The maximum Gasteiger partial charge on any atom is 0.238 e. The summed E-state index contributed by atoms with van der Waals surface area (Å²) in [5, 5.41) is 13.1. The van der Waals surface area contributed by atoms with Crippen molar-refractivity contribution in [2.24, 2.45) is 0 Å². The zero-order valence-corrected chi connectivity index (χ0v) is 7.94. The molecule has 4 nitrogen and oxygen atoms in total. The van der Waals surface area contributed by atoms with Gasteiger partial charge >= 0.3 is 0 Å². The number of hydrogen-bond acceptors (Lipinski definition) is 3. The fourth-order valence-electron chi connectivity index (χ4n) is 1.84. The van der Waals surface area contributed by atoms with E-state index in [4.69, 9.17) is 0 Å². The molecule has 4 heteroatoms. The normalized spacial score (nSPS) is 26.9. The molecule has 1 saturated carbocycles. The molecule has 0 spiro atoms. The van der Waals surface area contributed by atoms with Gasteiger partial charge in [-0.2, -0.15) is 0 Å². The van der Waals surface area contributed by atoms with E-state index >= 15 is 0 Å². The van der Waals surface area contributed by atoms with E-state index in [1.807, 2.05) is 10.0 Å². The van der Waals surface area contributed by atoms with E-state index in [2.05, 4.69) is 0 Å². The van der Waals surface area contributed by atoms with Gasteiger partial charge in [0.05, 0.1) is 6.10 Å². The molecule has 1 saturated heterocycles. The van der Waals surface area contributed by atoms with Crippen molar-refractivity contribution in [3.63, 3.8) is 0 Å². The van der Waals surface area contributed by atoms with E-state index in [9.17, 15) is 9.90 Å². The van der Waals surface area contributed by atoms with Gasteiger partial charge < -0.3 is 5.11 Å². The summed E-state index contributed by atoms with van der Waals surface area (Å²) in [6.07, 6.45) is 2.51. The van der Waals surface area contributed by atoms with Crippen LogP contribution in [0.25, 0.3) is 0 Å². The highest BCUT2D eigenvalue weighted by Crippen LogP contribution is 2.31. The summed E-state index contributed by atoms with van der Waals surface area (Å²) in [5.41, 5.74) is 0. The number of aliphatic hydroxyl groups is 1. The van der Waals surface area contributed by atoms with Crippen molar-refractivity contribution in [1.29, 1.82) is 0 Å². The summed E-state index contributed by atoms with van der Waals surface area (Å²) in [7, 11) is 0. The molecule has 1 atom stereocenters. The number of carbonyl (C=O) groups is 1. The number of hydrazine groups is 1. The van der Waals surface area contributed by atoms with Crippen molar-refractivity contribution < 1.29 is 9.90 Å². The van der Waals surface area contributed by atoms with Crippen LogP contribution in [0.4, 0.5) is 0 Å². The minimum absolute atomic E-state index is 0.225. The highest BCUT2D eigenvalue weighted by Gasteiger charge is 2.40. The average Bonchev–Trinajstić information content (AvgIpc) is 2.79. The Bertz CT molecular complexity index is 214. The molecule has 0 aromatic carbocycles. The lowest BCUT2D eigenvalue weighted by Gasteiger charge is -2.28. The van der Waals surface area contributed by atoms with E-state index in [1.165, 1.54) is 0 Å². The van der Waals surface area contributed by atoms with E-state index < -0.39 is 0 Å². The predicted molar refractivity (Wildman–Crippen MR) is 47.7 cm³/mol. The zero-order chi connectivity index (χ0) is 9.42. The van der Waals surface area contributed by atoms with E-state index in [0.717, 1.165) is 19.4 Å². The number of nitrogens with zero attached hydrogens (tertiary/aromatic N) is 2. The molecule has 2 rings (SSSR count). The lowest BCUT2D eigenvalue weighted by Crippen LogP contribution is -2.43. The molecule has 1 aliphatic heterocycles. The van der Waals surface area contributed by atoms with Crippen LogP contribution in [-0.4, -0.2) is 46.3 Å². The summed E-state index contributed by atoms with van der Waals surface area (Å²) in [5.74, 6) is 0.225. The molecule has 13 heavy (non-hydrogen) atoms. The molecule has 0 bridgehead atoms. The molecule has 1 amide bonds. The third kappa shape index (κ3) is 1.84. The van der Waals surface area contributed by atoms with Crippen molar-refractivity contribution in [3.8, 4) is 0 Å². The lowest BCUT2D eigenvalue weighted by molar-refractivity contribution is -0.140. The number of aliphatic hydroxyl groups excluding tert-OH is 1. The van der Waals surface area contributed by atoms with Crippen molar-refractivity contribution in [2.75, 3.05) is 13.1 Å². The van der Waals surface area contributed by atoms with E-state index in [0.29, 0.717) is 19.0 Å². The first kappa shape index (κ1) is 8.97. The Balaban J connectivity index is 1.97. The van der Waals surface area contributed by atoms with Crippen LogP contribution in [0.1, 0.15) is 26.2 Å². The quantitative estimate of drug-likeness (QED) is 0.670. The van der Waals surface area contributed by atoms with Gasteiger partial charge in [-0.1, -0.05) is 0 Å². The molecule has 1 heterocycles. The largest absolute Gasteiger partial charge is 0.392 e. The fourth-order valence-corrected chi connectivity index (χ4v) is 1.84. The molecular formula is C9H16N2O2. The Morgan fingerprint density at radius 3 is 2.85 bits per heavy atom. The van der Waals surface area contributed by atoms with Crippen LogP contribution >= 0.6 is 0 Å². The van der Waals surface area contributed by atoms with Crippen LogP contribution in [0.3, 0.4) is 0 Å². The molecule has 1 unspecified atom stereocenters. The van der Waals surface area contributed by atoms with Gasteiger partial charge in [0, 0.05) is 25.6 Å². The second-order valence-corrected chi connectivity index (χ2v) is 3.98. The van der Waals surface area contributed by atoms with Crippen molar-refractivity contribution >= 4 is 5.91 Å². The number of hydrogen-bond donors (Lipinski definition) is 1. The molecule has 1 aliphatic carbocycles. The van der Waals surface area contributed by atoms with Gasteiger partial charge in [0.1, 0.15) is 0 Å². The maximum atomic E-state index is 11.5. The van der Waals surface area contributed by atoms with Gasteiger partial charge in [0.2, 0.25) is 5.91 Å². The van der Waals surface area contributed by atoms with Gasteiger partial charge in [0.25, 0.3) is 0 Å². The van der Waals surface area contributed by atoms with Crippen LogP contribution in [0.5, 0.6) is 0 Å². The third-order valence-corrected chi connectivity index (χ3v) is 2.51. The summed E-state index contributed by atoms with van der Waals surface area (Å²) in [6, 6.07) is 0.439. The van der Waals surface area contributed by atoms with Crippen LogP contribution in [-0.2, 0) is 4.79 Å². The zero-order valence-electron chi connectivity index (χ0n) is 7.94. The molecule has 2 fully saturated rings.